The summed E-state index contributed by atoms with van der Waals surface area (Å²) in [5.41, 5.74) is 4.54. The number of carbonyl (C=O) groups is 1. The summed E-state index contributed by atoms with van der Waals surface area (Å²) < 4.78 is 27.8. The predicted molar refractivity (Wildman–Crippen MR) is 131 cm³/mol. The normalized spacial score (nSPS) is 18.5. The SMILES string of the molecule is CC(NC(=O)CN1CCN(S(=O)(=O)c2c[nH]c3ncccc23)CC1)c1ccc2c(c1)CCCC2. The maximum absolute atomic E-state index is 13.2. The van der Waals surface area contributed by atoms with Gasteiger partial charge in [0.1, 0.15) is 10.5 Å². The van der Waals surface area contributed by atoms with Gasteiger partial charge in [0.2, 0.25) is 15.9 Å². The van der Waals surface area contributed by atoms with Gasteiger partial charge in [-0.2, -0.15) is 4.31 Å². The summed E-state index contributed by atoms with van der Waals surface area (Å²) in [6, 6.07) is 10.0. The monoisotopic (exact) mass is 481 g/mol. The Hall–Kier alpha value is -2.75. The molecule has 1 fully saturated rings. The van der Waals surface area contributed by atoms with E-state index in [9.17, 15) is 13.2 Å². The van der Waals surface area contributed by atoms with Crippen molar-refractivity contribution < 1.29 is 13.2 Å². The van der Waals surface area contributed by atoms with Crippen LogP contribution >= 0.6 is 0 Å². The van der Waals surface area contributed by atoms with Crippen molar-refractivity contribution in [2.24, 2.45) is 0 Å². The van der Waals surface area contributed by atoms with Crippen molar-refractivity contribution in [1.29, 1.82) is 0 Å². The average molecular weight is 482 g/mol. The molecule has 3 heterocycles. The van der Waals surface area contributed by atoms with Crippen molar-refractivity contribution in [3.8, 4) is 0 Å². The van der Waals surface area contributed by atoms with Crippen LogP contribution in [-0.2, 0) is 27.7 Å². The smallest absolute Gasteiger partial charge is 0.245 e. The van der Waals surface area contributed by atoms with Crippen LogP contribution in [0.4, 0.5) is 0 Å². The van der Waals surface area contributed by atoms with Crippen LogP contribution in [0, 0.1) is 0 Å². The molecule has 1 unspecified atom stereocenters. The Labute approximate surface area is 200 Å². The number of carbonyl (C=O) groups excluding carboxylic acids is 1. The van der Waals surface area contributed by atoms with Crippen LogP contribution in [0.1, 0.15) is 42.5 Å². The maximum Gasteiger partial charge on any atom is 0.245 e. The van der Waals surface area contributed by atoms with E-state index in [0.29, 0.717) is 37.2 Å². The molecule has 1 amide bonds. The number of sulfonamides is 1. The molecule has 1 saturated heterocycles. The van der Waals surface area contributed by atoms with E-state index in [4.69, 9.17) is 0 Å². The van der Waals surface area contributed by atoms with Crippen molar-refractivity contribution in [3.05, 3.63) is 59.4 Å². The van der Waals surface area contributed by atoms with E-state index < -0.39 is 10.0 Å². The second-order valence-corrected chi connectivity index (χ2v) is 11.2. The highest BCUT2D eigenvalue weighted by molar-refractivity contribution is 7.89. The molecule has 1 atom stereocenters. The number of amides is 1. The second kappa shape index (κ2) is 9.48. The minimum atomic E-state index is -3.63. The van der Waals surface area contributed by atoms with Gasteiger partial charge < -0.3 is 10.3 Å². The zero-order valence-electron chi connectivity index (χ0n) is 19.5. The number of H-pyrrole nitrogens is 1. The number of hydrogen-bond donors (Lipinski definition) is 2. The molecule has 0 radical (unpaired) electrons. The molecule has 0 bridgehead atoms. The third kappa shape index (κ3) is 4.60. The van der Waals surface area contributed by atoms with E-state index in [1.807, 2.05) is 11.8 Å². The molecule has 2 aromatic heterocycles. The molecule has 2 N–H and O–H groups in total. The zero-order chi connectivity index (χ0) is 23.7. The minimum Gasteiger partial charge on any atom is -0.348 e. The number of hydrogen-bond acceptors (Lipinski definition) is 5. The van der Waals surface area contributed by atoms with Crippen LogP contribution in [0.5, 0.6) is 0 Å². The van der Waals surface area contributed by atoms with E-state index in [1.54, 1.807) is 18.3 Å². The Balaban J connectivity index is 1.16. The molecular formula is C25H31N5O3S. The van der Waals surface area contributed by atoms with Crippen LogP contribution in [0.3, 0.4) is 0 Å². The third-order valence-corrected chi connectivity index (χ3v) is 8.92. The van der Waals surface area contributed by atoms with Crippen molar-refractivity contribution in [3.63, 3.8) is 0 Å². The van der Waals surface area contributed by atoms with Gasteiger partial charge in [-0.05, 0) is 61.4 Å². The van der Waals surface area contributed by atoms with E-state index in [-0.39, 0.29) is 23.4 Å². The highest BCUT2D eigenvalue weighted by atomic mass is 32.2. The van der Waals surface area contributed by atoms with Gasteiger partial charge >= 0.3 is 0 Å². The molecule has 34 heavy (non-hydrogen) atoms. The topological polar surface area (TPSA) is 98.4 Å². The number of nitrogens with one attached hydrogen (secondary N) is 2. The summed E-state index contributed by atoms with van der Waals surface area (Å²) in [5.74, 6) is -0.0377. The Morgan fingerprint density at radius 1 is 1.12 bits per heavy atom. The van der Waals surface area contributed by atoms with E-state index in [0.717, 1.165) is 18.4 Å². The van der Waals surface area contributed by atoms with Gasteiger partial charge in [-0.3, -0.25) is 9.69 Å². The van der Waals surface area contributed by atoms with Crippen LogP contribution in [0.2, 0.25) is 0 Å². The highest BCUT2D eigenvalue weighted by Crippen LogP contribution is 2.26. The van der Waals surface area contributed by atoms with Gasteiger partial charge in [-0.1, -0.05) is 18.2 Å². The summed E-state index contributed by atoms with van der Waals surface area (Å²) in [7, 11) is -3.63. The predicted octanol–water partition coefficient (Wildman–Crippen LogP) is 2.63. The first-order chi connectivity index (χ1) is 16.4. The van der Waals surface area contributed by atoms with Gasteiger partial charge in [0.05, 0.1) is 12.6 Å². The Morgan fingerprint density at radius 2 is 1.88 bits per heavy atom. The fraction of sp³-hybridized carbons (Fsp3) is 0.440. The number of fused-ring (bicyclic) bond motifs is 2. The molecule has 5 rings (SSSR count). The Morgan fingerprint density at radius 3 is 2.68 bits per heavy atom. The number of aromatic nitrogens is 2. The van der Waals surface area contributed by atoms with Crippen LogP contribution < -0.4 is 5.32 Å². The molecule has 0 saturated carbocycles. The van der Waals surface area contributed by atoms with Crippen molar-refractivity contribution in [1.82, 2.24) is 24.5 Å². The van der Waals surface area contributed by atoms with Gasteiger partial charge in [-0.25, -0.2) is 13.4 Å². The standard InChI is InChI=1S/C25H31N5O3S/c1-18(20-9-8-19-5-2-3-6-21(19)15-20)28-24(31)17-29-11-13-30(14-12-29)34(32,33)23-16-27-25-22(23)7-4-10-26-25/h4,7-10,15-16,18H,2-3,5-6,11-14,17H2,1H3,(H,26,27)(H,28,31). The molecular weight excluding hydrogens is 450 g/mol. The molecule has 2 aliphatic rings. The number of piperazine rings is 1. The second-order valence-electron chi connectivity index (χ2n) is 9.26. The molecule has 180 valence electrons. The number of nitrogens with zero attached hydrogens (tertiary/aromatic N) is 3. The third-order valence-electron chi connectivity index (χ3n) is 6.98. The number of aromatic amines is 1. The number of benzene rings is 1. The molecule has 3 aromatic rings. The first-order valence-electron chi connectivity index (χ1n) is 12.0. The maximum atomic E-state index is 13.2. The number of rotatable bonds is 6. The first kappa shape index (κ1) is 23.0. The summed E-state index contributed by atoms with van der Waals surface area (Å²) in [5, 5.41) is 3.71. The highest BCUT2D eigenvalue weighted by Gasteiger charge is 2.31. The average Bonchev–Trinajstić information content (AvgIpc) is 3.29. The lowest BCUT2D eigenvalue weighted by Crippen LogP contribution is -2.51. The molecule has 9 heteroatoms. The summed E-state index contributed by atoms with van der Waals surface area (Å²) in [4.78, 5) is 22.1. The lowest BCUT2D eigenvalue weighted by atomic mass is 9.89. The van der Waals surface area contributed by atoms with Gasteiger partial charge in [0, 0.05) is 44.0 Å². The lowest BCUT2D eigenvalue weighted by molar-refractivity contribution is -0.123. The quantitative estimate of drug-likeness (QED) is 0.564. The van der Waals surface area contributed by atoms with E-state index in [1.165, 1.54) is 34.5 Å². The van der Waals surface area contributed by atoms with Gasteiger partial charge in [-0.15, -0.1) is 0 Å². The summed E-state index contributed by atoms with van der Waals surface area (Å²) >= 11 is 0. The number of aryl methyl sites for hydroxylation is 2. The van der Waals surface area contributed by atoms with Crippen molar-refractivity contribution >= 4 is 27.0 Å². The largest absolute Gasteiger partial charge is 0.348 e. The van der Waals surface area contributed by atoms with Crippen LogP contribution in [0.15, 0.2) is 47.6 Å². The number of pyridine rings is 1. The van der Waals surface area contributed by atoms with E-state index >= 15 is 0 Å². The minimum absolute atomic E-state index is 0.0377. The molecule has 8 nitrogen and oxygen atoms in total. The molecule has 1 aromatic carbocycles. The molecule has 0 spiro atoms. The summed E-state index contributed by atoms with van der Waals surface area (Å²) in [6.45, 7) is 4.01. The zero-order valence-corrected chi connectivity index (χ0v) is 20.3. The molecule has 1 aliphatic heterocycles. The first-order valence-corrected chi connectivity index (χ1v) is 13.4. The fourth-order valence-corrected chi connectivity index (χ4v) is 6.58. The summed E-state index contributed by atoms with van der Waals surface area (Å²) in [6.07, 6.45) is 7.89. The van der Waals surface area contributed by atoms with E-state index in [2.05, 4.69) is 33.5 Å². The Kier molecular flexibility index (Phi) is 6.42. The van der Waals surface area contributed by atoms with Crippen molar-refractivity contribution in [2.45, 2.75) is 43.5 Å². The van der Waals surface area contributed by atoms with Crippen molar-refractivity contribution in [2.75, 3.05) is 32.7 Å². The van der Waals surface area contributed by atoms with Crippen LogP contribution in [-0.4, -0.2) is 66.2 Å². The lowest BCUT2D eigenvalue weighted by Gasteiger charge is -2.33. The van der Waals surface area contributed by atoms with Crippen LogP contribution in [0.25, 0.3) is 11.0 Å². The molecule has 1 aliphatic carbocycles. The van der Waals surface area contributed by atoms with Gasteiger partial charge in [0.15, 0.2) is 0 Å². The fourth-order valence-electron chi connectivity index (χ4n) is 5.01. The van der Waals surface area contributed by atoms with Gasteiger partial charge in [0.25, 0.3) is 0 Å². The Bertz CT molecular complexity index is 1290.